The minimum absolute atomic E-state index is 0.0873. The van der Waals surface area contributed by atoms with Gasteiger partial charge in [0.05, 0.1) is 26.2 Å². The molecule has 2 aromatic carbocycles. The van der Waals surface area contributed by atoms with E-state index in [1.807, 2.05) is 23.1 Å². The molecule has 0 radical (unpaired) electrons. The van der Waals surface area contributed by atoms with E-state index in [9.17, 15) is 9.18 Å². The highest BCUT2D eigenvalue weighted by atomic mass is 35.5. The van der Waals surface area contributed by atoms with Crippen molar-refractivity contribution in [2.24, 2.45) is 0 Å². The Morgan fingerprint density at radius 1 is 1.21 bits per heavy atom. The summed E-state index contributed by atoms with van der Waals surface area (Å²) < 4.78 is 13.7. The Balaban J connectivity index is 1.58. The Morgan fingerprint density at radius 2 is 1.96 bits per heavy atom. The smallest absolute Gasteiger partial charge is 0.254 e. The Morgan fingerprint density at radius 3 is 2.62 bits per heavy atom. The molecule has 2 aromatic rings. The summed E-state index contributed by atoms with van der Waals surface area (Å²) in [5.74, 6) is -0.415. The van der Waals surface area contributed by atoms with Gasteiger partial charge in [-0.25, -0.2) is 4.39 Å². The fourth-order valence-electron chi connectivity index (χ4n) is 3.05. The van der Waals surface area contributed by atoms with Crippen LogP contribution in [0.15, 0.2) is 42.5 Å². The van der Waals surface area contributed by atoms with Crippen molar-refractivity contribution in [1.29, 1.82) is 0 Å². The van der Waals surface area contributed by atoms with Crippen LogP contribution in [0.4, 0.5) is 4.39 Å². The van der Waals surface area contributed by atoms with Crippen LogP contribution in [0.3, 0.4) is 0 Å². The molecule has 3 rings (SSSR count). The third kappa shape index (κ3) is 3.94. The van der Waals surface area contributed by atoms with Gasteiger partial charge in [-0.15, -0.1) is 0 Å². The Labute approximate surface area is 146 Å². The van der Waals surface area contributed by atoms with Gasteiger partial charge in [-0.3, -0.25) is 4.79 Å². The fraction of sp³-hybridized carbons (Fsp3) is 0.316. The van der Waals surface area contributed by atoms with E-state index < -0.39 is 0 Å². The lowest BCUT2D eigenvalue weighted by atomic mass is 10.1. The van der Waals surface area contributed by atoms with E-state index in [1.165, 1.54) is 16.5 Å². The first-order valence-corrected chi connectivity index (χ1v) is 8.54. The quantitative estimate of drug-likeness (QED) is 0.905. The second-order valence-electron chi connectivity index (χ2n) is 6.31. The number of hydrogen-bond donors (Lipinski definition) is 1. The van der Waals surface area contributed by atoms with Gasteiger partial charge in [0.1, 0.15) is 12.4 Å². The third-order valence-corrected chi connectivity index (χ3v) is 4.75. The first-order chi connectivity index (χ1) is 11.5. The number of carbonyl (C=O) groups excluding carboxylic acids is 1. The van der Waals surface area contributed by atoms with Crippen LogP contribution >= 0.6 is 11.6 Å². The van der Waals surface area contributed by atoms with Gasteiger partial charge in [-0.2, -0.15) is 0 Å². The number of nitrogens with zero attached hydrogens (tertiary/aromatic N) is 1. The summed E-state index contributed by atoms with van der Waals surface area (Å²) in [7, 11) is 0. The van der Waals surface area contributed by atoms with Gasteiger partial charge in [0.15, 0.2) is 0 Å². The van der Waals surface area contributed by atoms with Crippen molar-refractivity contribution in [1.82, 2.24) is 4.90 Å². The van der Waals surface area contributed by atoms with Crippen molar-refractivity contribution in [2.45, 2.75) is 13.5 Å². The van der Waals surface area contributed by atoms with Gasteiger partial charge in [0.2, 0.25) is 0 Å². The summed E-state index contributed by atoms with van der Waals surface area (Å²) >= 11 is 6.03. The van der Waals surface area contributed by atoms with Crippen LogP contribution in [0.5, 0.6) is 0 Å². The minimum atomic E-state index is -0.328. The van der Waals surface area contributed by atoms with E-state index >= 15 is 0 Å². The second-order valence-corrected chi connectivity index (χ2v) is 6.75. The Kier molecular flexibility index (Phi) is 5.17. The molecule has 0 spiro atoms. The molecule has 1 saturated heterocycles. The molecule has 1 aliphatic heterocycles. The van der Waals surface area contributed by atoms with Crippen LogP contribution in [0, 0.1) is 12.7 Å². The van der Waals surface area contributed by atoms with Gasteiger partial charge in [0.25, 0.3) is 5.91 Å². The molecular formula is C19H21ClFN2O+. The van der Waals surface area contributed by atoms with Gasteiger partial charge in [-0.05, 0) is 36.8 Å². The van der Waals surface area contributed by atoms with Crippen molar-refractivity contribution < 1.29 is 14.1 Å². The van der Waals surface area contributed by atoms with Gasteiger partial charge in [0, 0.05) is 16.1 Å². The summed E-state index contributed by atoms with van der Waals surface area (Å²) in [5.41, 5.74) is 2.19. The number of nitrogens with one attached hydrogen (secondary N) is 1. The van der Waals surface area contributed by atoms with Crippen molar-refractivity contribution in [2.75, 3.05) is 26.2 Å². The Hall–Kier alpha value is -1.91. The number of amides is 1. The number of aryl methyl sites for hydroxylation is 1. The van der Waals surface area contributed by atoms with E-state index in [4.69, 9.17) is 11.6 Å². The largest absolute Gasteiger partial charge is 0.328 e. The SMILES string of the molecule is Cc1ccc(C(=O)N2CC[NH+](Cc3cccc(Cl)c3)CC2)cc1F. The first-order valence-electron chi connectivity index (χ1n) is 8.16. The van der Waals surface area contributed by atoms with Gasteiger partial charge < -0.3 is 9.80 Å². The van der Waals surface area contributed by atoms with Crippen LogP contribution in [0.1, 0.15) is 21.5 Å². The van der Waals surface area contributed by atoms with Crippen molar-refractivity contribution in [3.05, 3.63) is 70.0 Å². The van der Waals surface area contributed by atoms with E-state index in [0.29, 0.717) is 24.2 Å². The second kappa shape index (κ2) is 7.32. The van der Waals surface area contributed by atoms with Crippen LogP contribution in [0.25, 0.3) is 0 Å². The lowest BCUT2D eigenvalue weighted by Gasteiger charge is -2.32. The molecule has 1 fully saturated rings. The summed E-state index contributed by atoms with van der Waals surface area (Å²) in [6.45, 7) is 5.73. The molecule has 1 N–H and O–H groups in total. The zero-order valence-corrected chi connectivity index (χ0v) is 14.4. The van der Waals surface area contributed by atoms with Gasteiger partial charge in [-0.1, -0.05) is 29.8 Å². The molecule has 3 nitrogen and oxygen atoms in total. The summed E-state index contributed by atoms with van der Waals surface area (Å²) in [6, 6.07) is 12.6. The topological polar surface area (TPSA) is 24.8 Å². The summed E-state index contributed by atoms with van der Waals surface area (Å²) in [4.78, 5) is 15.7. The molecule has 0 aliphatic carbocycles. The molecule has 5 heteroatoms. The van der Waals surface area contributed by atoms with Crippen molar-refractivity contribution >= 4 is 17.5 Å². The number of benzene rings is 2. The third-order valence-electron chi connectivity index (χ3n) is 4.52. The monoisotopic (exact) mass is 347 g/mol. The molecule has 1 aliphatic rings. The van der Waals surface area contributed by atoms with Gasteiger partial charge >= 0.3 is 0 Å². The Bertz CT molecular complexity index is 742. The molecule has 0 saturated carbocycles. The average Bonchev–Trinajstić information content (AvgIpc) is 2.57. The molecular weight excluding hydrogens is 327 g/mol. The van der Waals surface area contributed by atoms with E-state index in [0.717, 1.165) is 24.7 Å². The summed E-state index contributed by atoms with van der Waals surface area (Å²) in [5, 5.41) is 0.752. The van der Waals surface area contributed by atoms with Crippen LogP contribution in [0.2, 0.25) is 5.02 Å². The maximum atomic E-state index is 13.7. The van der Waals surface area contributed by atoms with Crippen LogP contribution in [-0.2, 0) is 6.54 Å². The predicted octanol–water partition coefficient (Wildman–Crippen LogP) is 2.33. The minimum Gasteiger partial charge on any atom is -0.328 e. The lowest BCUT2D eigenvalue weighted by molar-refractivity contribution is -0.917. The molecule has 0 unspecified atom stereocenters. The van der Waals surface area contributed by atoms with Crippen molar-refractivity contribution in [3.63, 3.8) is 0 Å². The maximum absolute atomic E-state index is 13.7. The highest BCUT2D eigenvalue weighted by molar-refractivity contribution is 6.30. The number of hydrogen-bond acceptors (Lipinski definition) is 1. The molecule has 24 heavy (non-hydrogen) atoms. The number of piperazine rings is 1. The average molecular weight is 348 g/mol. The predicted molar refractivity (Wildman–Crippen MR) is 92.9 cm³/mol. The standard InChI is InChI=1S/C19H20ClFN2O/c1-14-5-6-16(12-18(14)21)19(24)23-9-7-22(8-10-23)13-15-3-2-4-17(20)11-15/h2-6,11-12H,7-10,13H2,1H3/p+1. The highest BCUT2D eigenvalue weighted by Crippen LogP contribution is 2.12. The lowest BCUT2D eigenvalue weighted by Crippen LogP contribution is -3.13. The molecule has 0 bridgehead atoms. The number of halogens is 2. The highest BCUT2D eigenvalue weighted by Gasteiger charge is 2.25. The number of rotatable bonds is 3. The molecule has 1 amide bonds. The maximum Gasteiger partial charge on any atom is 0.254 e. The number of quaternary nitrogens is 1. The summed E-state index contributed by atoms with van der Waals surface area (Å²) in [6.07, 6.45) is 0. The molecule has 0 atom stereocenters. The van der Waals surface area contributed by atoms with Crippen LogP contribution < -0.4 is 4.90 Å². The number of carbonyl (C=O) groups is 1. The van der Waals surface area contributed by atoms with E-state index in [1.54, 1.807) is 19.1 Å². The first kappa shape index (κ1) is 16.9. The zero-order valence-electron chi connectivity index (χ0n) is 13.7. The molecule has 126 valence electrons. The van der Waals surface area contributed by atoms with Crippen LogP contribution in [-0.4, -0.2) is 37.0 Å². The van der Waals surface area contributed by atoms with E-state index in [-0.39, 0.29) is 11.7 Å². The molecule has 0 aromatic heterocycles. The molecule has 1 heterocycles. The van der Waals surface area contributed by atoms with Crippen molar-refractivity contribution in [3.8, 4) is 0 Å². The fourth-order valence-corrected chi connectivity index (χ4v) is 3.26. The zero-order chi connectivity index (χ0) is 17.1. The van der Waals surface area contributed by atoms with E-state index in [2.05, 4.69) is 6.07 Å². The normalized spacial score (nSPS) is 15.5.